The molecule has 0 aliphatic heterocycles. The maximum absolute atomic E-state index is 12.3. The summed E-state index contributed by atoms with van der Waals surface area (Å²) in [6.45, 7) is 0.0825. The van der Waals surface area contributed by atoms with Crippen molar-refractivity contribution in [2.24, 2.45) is 5.92 Å². The van der Waals surface area contributed by atoms with Crippen molar-refractivity contribution in [3.63, 3.8) is 0 Å². The molecule has 0 radical (unpaired) electrons. The van der Waals surface area contributed by atoms with Crippen LogP contribution in [0.5, 0.6) is 0 Å². The summed E-state index contributed by atoms with van der Waals surface area (Å²) in [6.07, 6.45) is 2.80. The first-order valence-electron chi connectivity index (χ1n) is 7.23. The Morgan fingerprint density at radius 2 is 2.14 bits per heavy atom. The number of benzene rings is 1. The standard InChI is InChI=1S/C16H18N2O3/c19-9-10-4-3-7-12(10)18-16(21)14-8-15(20)11-5-1-2-6-13(11)17-14/h1-2,5-6,8,10,12,19H,3-4,7,9H2,(H,17,20)(H,18,21). The highest BCUT2D eigenvalue weighted by molar-refractivity contribution is 5.95. The number of aliphatic hydroxyl groups is 1. The number of rotatable bonds is 3. The molecular formula is C16H18N2O3. The van der Waals surface area contributed by atoms with Gasteiger partial charge in [-0.1, -0.05) is 18.6 Å². The zero-order chi connectivity index (χ0) is 14.8. The number of carbonyl (C=O) groups excluding carboxylic acids is 1. The van der Waals surface area contributed by atoms with Gasteiger partial charge in [-0.15, -0.1) is 0 Å². The van der Waals surface area contributed by atoms with E-state index in [1.54, 1.807) is 18.2 Å². The van der Waals surface area contributed by atoms with Crippen LogP contribution in [-0.4, -0.2) is 28.6 Å². The molecule has 1 saturated carbocycles. The molecule has 3 N–H and O–H groups in total. The van der Waals surface area contributed by atoms with Gasteiger partial charge in [-0.3, -0.25) is 9.59 Å². The molecule has 1 amide bonds. The van der Waals surface area contributed by atoms with Gasteiger partial charge < -0.3 is 15.4 Å². The van der Waals surface area contributed by atoms with Crippen LogP contribution in [0.1, 0.15) is 29.8 Å². The number of nitrogens with one attached hydrogen (secondary N) is 2. The predicted molar refractivity (Wildman–Crippen MR) is 80.2 cm³/mol. The summed E-state index contributed by atoms with van der Waals surface area (Å²) >= 11 is 0. The largest absolute Gasteiger partial charge is 0.396 e. The summed E-state index contributed by atoms with van der Waals surface area (Å²) in [6, 6.07) is 8.44. The van der Waals surface area contributed by atoms with Gasteiger partial charge in [-0.2, -0.15) is 0 Å². The van der Waals surface area contributed by atoms with Crippen LogP contribution in [0.15, 0.2) is 35.1 Å². The lowest BCUT2D eigenvalue weighted by atomic mass is 10.0. The van der Waals surface area contributed by atoms with Crippen molar-refractivity contribution in [3.8, 4) is 0 Å². The molecule has 2 atom stereocenters. The molecule has 3 rings (SSSR count). The summed E-state index contributed by atoms with van der Waals surface area (Å²) in [4.78, 5) is 27.3. The fraction of sp³-hybridized carbons (Fsp3) is 0.375. The van der Waals surface area contributed by atoms with Gasteiger partial charge in [0.2, 0.25) is 0 Å². The van der Waals surface area contributed by atoms with Crippen LogP contribution in [0.3, 0.4) is 0 Å². The molecular weight excluding hydrogens is 268 g/mol. The van der Waals surface area contributed by atoms with E-state index in [9.17, 15) is 14.7 Å². The number of fused-ring (bicyclic) bond motifs is 1. The number of carbonyl (C=O) groups is 1. The summed E-state index contributed by atoms with van der Waals surface area (Å²) in [5, 5.41) is 12.8. The number of aromatic nitrogens is 1. The molecule has 110 valence electrons. The molecule has 2 unspecified atom stereocenters. The van der Waals surface area contributed by atoms with Crippen molar-refractivity contribution >= 4 is 16.8 Å². The van der Waals surface area contributed by atoms with Crippen LogP contribution in [0.4, 0.5) is 0 Å². The number of hydrogen-bond donors (Lipinski definition) is 3. The molecule has 1 aromatic carbocycles. The Labute approximate surface area is 122 Å². The Morgan fingerprint density at radius 1 is 1.33 bits per heavy atom. The van der Waals surface area contributed by atoms with E-state index in [0.29, 0.717) is 10.9 Å². The minimum absolute atomic E-state index is 0.0162. The van der Waals surface area contributed by atoms with Gasteiger partial charge in [0.15, 0.2) is 5.43 Å². The quantitative estimate of drug-likeness (QED) is 0.798. The monoisotopic (exact) mass is 286 g/mol. The number of aromatic amines is 1. The first kappa shape index (κ1) is 13.8. The van der Waals surface area contributed by atoms with Gasteiger partial charge in [0, 0.05) is 35.5 Å². The van der Waals surface area contributed by atoms with Gasteiger partial charge in [0.25, 0.3) is 5.91 Å². The third kappa shape index (κ3) is 2.69. The molecule has 5 heteroatoms. The van der Waals surface area contributed by atoms with Crippen molar-refractivity contribution in [2.45, 2.75) is 25.3 Å². The van der Waals surface area contributed by atoms with E-state index in [1.165, 1.54) is 6.07 Å². The van der Waals surface area contributed by atoms with Crippen LogP contribution in [0.25, 0.3) is 10.9 Å². The fourth-order valence-corrected chi connectivity index (χ4v) is 3.01. The molecule has 21 heavy (non-hydrogen) atoms. The second-order valence-corrected chi connectivity index (χ2v) is 5.55. The van der Waals surface area contributed by atoms with Gasteiger partial charge >= 0.3 is 0 Å². The number of hydrogen-bond acceptors (Lipinski definition) is 3. The topological polar surface area (TPSA) is 82.2 Å². The fourth-order valence-electron chi connectivity index (χ4n) is 3.01. The summed E-state index contributed by atoms with van der Waals surface area (Å²) < 4.78 is 0. The lowest BCUT2D eigenvalue weighted by molar-refractivity contribution is 0.0911. The van der Waals surface area contributed by atoms with Crippen molar-refractivity contribution in [1.29, 1.82) is 0 Å². The van der Waals surface area contributed by atoms with E-state index < -0.39 is 0 Å². The van der Waals surface area contributed by atoms with Crippen LogP contribution >= 0.6 is 0 Å². The third-order valence-electron chi connectivity index (χ3n) is 4.19. The van der Waals surface area contributed by atoms with E-state index in [-0.39, 0.29) is 35.6 Å². The minimum Gasteiger partial charge on any atom is -0.396 e. The van der Waals surface area contributed by atoms with Crippen LogP contribution in [-0.2, 0) is 0 Å². The number of pyridine rings is 1. The number of H-pyrrole nitrogens is 1. The average Bonchev–Trinajstić information content (AvgIpc) is 2.94. The Morgan fingerprint density at radius 3 is 2.95 bits per heavy atom. The number of para-hydroxylation sites is 1. The van der Waals surface area contributed by atoms with Gasteiger partial charge in [0.05, 0.1) is 0 Å². The predicted octanol–water partition coefficient (Wildman–Crippen LogP) is 1.42. The van der Waals surface area contributed by atoms with Crippen molar-refractivity contribution in [3.05, 3.63) is 46.2 Å². The Bertz CT molecular complexity index is 723. The molecule has 0 saturated heterocycles. The maximum Gasteiger partial charge on any atom is 0.268 e. The van der Waals surface area contributed by atoms with Gasteiger partial charge in [-0.25, -0.2) is 0 Å². The average molecular weight is 286 g/mol. The van der Waals surface area contributed by atoms with E-state index in [4.69, 9.17) is 0 Å². The maximum atomic E-state index is 12.3. The molecule has 1 aliphatic rings. The number of amides is 1. The second-order valence-electron chi connectivity index (χ2n) is 5.55. The molecule has 1 fully saturated rings. The van der Waals surface area contributed by atoms with E-state index >= 15 is 0 Å². The zero-order valence-electron chi connectivity index (χ0n) is 11.6. The highest BCUT2D eigenvalue weighted by atomic mass is 16.3. The third-order valence-corrected chi connectivity index (χ3v) is 4.19. The summed E-state index contributed by atoms with van der Waals surface area (Å²) in [7, 11) is 0. The van der Waals surface area contributed by atoms with Crippen molar-refractivity contribution < 1.29 is 9.90 Å². The second kappa shape index (κ2) is 5.69. The van der Waals surface area contributed by atoms with E-state index in [2.05, 4.69) is 10.3 Å². The minimum atomic E-state index is -0.289. The lowest BCUT2D eigenvalue weighted by Crippen LogP contribution is -2.39. The molecule has 1 aliphatic carbocycles. The first-order valence-corrected chi connectivity index (χ1v) is 7.23. The molecule has 2 aromatic rings. The lowest BCUT2D eigenvalue weighted by Gasteiger charge is -2.19. The molecule has 0 bridgehead atoms. The number of aliphatic hydroxyl groups excluding tert-OH is 1. The smallest absolute Gasteiger partial charge is 0.268 e. The molecule has 1 aromatic heterocycles. The summed E-state index contributed by atoms with van der Waals surface area (Å²) in [5.41, 5.74) is 0.752. The molecule has 5 nitrogen and oxygen atoms in total. The van der Waals surface area contributed by atoms with Crippen LogP contribution in [0, 0.1) is 5.92 Å². The van der Waals surface area contributed by atoms with Crippen molar-refractivity contribution in [2.75, 3.05) is 6.61 Å². The highest BCUT2D eigenvalue weighted by Gasteiger charge is 2.28. The first-order chi connectivity index (χ1) is 10.2. The normalized spacial score (nSPS) is 21.6. The van der Waals surface area contributed by atoms with Crippen molar-refractivity contribution in [1.82, 2.24) is 10.3 Å². The molecule has 0 spiro atoms. The Balaban J connectivity index is 1.86. The Hall–Kier alpha value is -2.14. The Kier molecular flexibility index (Phi) is 3.75. The zero-order valence-corrected chi connectivity index (χ0v) is 11.6. The van der Waals surface area contributed by atoms with Gasteiger partial charge in [-0.05, 0) is 25.0 Å². The van der Waals surface area contributed by atoms with E-state index in [1.807, 2.05) is 6.07 Å². The van der Waals surface area contributed by atoms with E-state index in [0.717, 1.165) is 19.3 Å². The van der Waals surface area contributed by atoms with Gasteiger partial charge in [0.1, 0.15) is 5.69 Å². The SMILES string of the molecule is O=C(NC1CCCC1CO)c1cc(=O)c2ccccc2[nH]1. The van der Waals surface area contributed by atoms with Crippen LogP contribution < -0.4 is 10.7 Å². The summed E-state index contributed by atoms with van der Waals surface area (Å²) in [5.74, 6) is -0.177. The highest BCUT2D eigenvalue weighted by Crippen LogP contribution is 2.25. The van der Waals surface area contributed by atoms with Crippen LogP contribution in [0.2, 0.25) is 0 Å². The molecule has 1 heterocycles.